The number of likely N-dealkylation sites (tertiary alicyclic amines) is 1. The number of amides is 3. The number of carbonyl (C=O) groups is 3. The number of benzene rings is 1. The van der Waals surface area contributed by atoms with Gasteiger partial charge in [-0.1, -0.05) is 0 Å². The van der Waals surface area contributed by atoms with Crippen LogP contribution in [0.15, 0.2) is 47.1 Å². The Bertz CT molecular complexity index is 920. The van der Waals surface area contributed by atoms with Gasteiger partial charge in [-0.25, -0.2) is 0 Å². The van der Waals surface area contributed by atoms with E-state index in [0.717, 1.165) is 0 Å². The number of piperazine rings is 1. The van der Waals surface area contributed by atoms with Crippen molar-refractivity contribution in [3.8, 4) is 5.75 Å². The van der Waals surface area contributed by atoms with Crippen molar-refractivity contribution in [2.45, 2.75) is 6.42 Å². The highest BCUT2D eigenvalue weighted by molar-refractivity contribution is 5.93. The number of phenolic OH excluding ortho intramolecular Hbond substituents is 1. The molecule has 0 spiro atoms. The average Bonchev–Trinajstić information content (AvgIpc) is 3.47. The Hall–Kier alpha value is -3.33. The fraction of sp³-hybridized carbons (Fsp3) is 0.409. The van der Waals surface area contributed by atoms with Crippen LogP contribution in [0.4, 0.5) is 5.69 Å². The van der Waals surface area contributed by atoms with E-state index in [4.69, 9.17) is 4.42 Å². The fourth-order valence-electron chi connectivity index (χ4n) is 3.99. The lowest BCUT2D eigenvalue weighted by atomic mass is 10.1. The van der Waals surface area contributed by atoms with Crippen molar-refractivity contribution in [1.29, 1.82) is 0 Å². The molecule has 1 aromatic heterocycles. The van der Waals surface area contributed by atoms with Crippen molar-refractivity contribution in [2.75, 3.05) is 51.1 Å². The molecule has 9 nitrogen and oxygen atoms in total. The smallest absolute Gasteiger partial charge is 0.289 e. The summed E-state index contributed by atoms with van der Waals surface area (Å²) in [5, 5.41) is 12.2. The van der Waals surface area contributed by atoms with E-state index in [1.54, 1.807) is 34.1 Å². The maximum Gasteiger partial charge on any atom is 0.289 e. The largest absolute Gasteiger partial charge is 0.508 e. The van der Waals surface area contributed by atoms with E-state index in [-0.39, 0.29) is 35.9 Å². The summed E-state index contributed by atoms with van der Waals surface area (Å²) in [6.45, 7) is 3.43. The quantitative estimate of drug-likeness (QED) is 0.697. The first kappa shape index (κ1) is 20.9. The number of hydrogen-bond acceptors (Lipinski definition) is 6. The Kier molecular flexibility index (Phi) is 6.22. The van der Waals surface area contributed by atoms with Crippen molar-refractivity contribution in [3.63, 3.8) is 0 Å². The third-order valence-electron chi connectivity index (χ3n) is 5.79. The Balaban J connectivity index is 1.21. The minimum absolute atomic E-state index is 0.0182. The zero-order valence-electron chi connectivity index (χ0n) is 17.2. The number of anilines is 1. The van der Waals surface area contributed by atoms with Crippen molar-refractivity contribution in [2.24, 2.45) is 5.92 Å². The predicted molar refractivity (Wildman–Crippen MR) is 112 cm³/mol. The minimum atomic E-state index is -0.177. The molecular weight excluding hydrogens is 400 g/mol. The normalized spacial score (nSPS) is 19.4. The summed E-state index contributed by atoms with van der Waals surface area (Å²) in [5.41, 5.74) is 0.638. The van der Waals surface area contributed by atoms with Gasteiger partial charge in [0.2, 0.25) is 11.8 Å². The summed E-state index contributed by atoms with van der Waals surface area (Å²) in [4.78, 5) is 43.0. The number of phenols is 1. The molecule has 3 amide bonds. The van der Waals surface area contributed by atoms with Gasteiger partial charge in [-0.15, -0.1) is 0 Å². The van der Waals surface area contributed by atoms with Gasteiger partial charge in [0, 0.05) is 38.4 Å². The first-order chi connectivity index (χ1) is 15.0. The standard InChI is InChI=1S/C22H26N4O5/c27-18-5-3-17(4-6-18)23-21(29)16-7-8-24(14-16)15-20(28)25-9-11-26(12-10-25)22(30)19-2-1-13-31-19/h1-6,13,16,27H,7-12,14-15H2,(H,23,29)/t16-/m1/s1. The van der Waals surface area contributed by atoms with Gasteiger partial charge in [0.05, 0.1) is 18.7 Å². The molecule has 4 rings (SSSR count). The zero-order chi connectivity index (χ0) is 21.8. The lowest BCUT2D eigenvalue weighted by molar-refractivity contribution is -0.134. The van der Waals surface area contributed by atoms with Crippen LogP contribution in [0.3, 0.4) is 0 Å². The zero-order valence-corrected chi connectivity index (χ0v) is 17.2. The Morgan fingerprint density at radius 1 is 1.00 bits per heavy atom. The average molecular weight is 426 g/mol. The van der Waals surface area contributed by atoms with Crippen LogP contribution in [0.2, 0.25) is 0 Å². The summed E-state index contributed by atoms with van der Waals surface area (Å²) in [5.74, 6) is 0.0714. The molecule has 2 saturated heterocycles. The molecule has 0 radical (unpaired) electrons. The Labute approximate surface area is 180 Å². The Morgan fingerprint density at radius 2 is 1.71 bits per heavy atom. The van der Waals surface area contributed by atoms with Crippen LogP contribution in [-0.4, -0.2) is 83.3 Å². The SMILES string of the molecule is O=C(Nc1ccc(O)cc1)[C@@H]1CCN(CC(=O)N2CCN(C(=O)c3ccco3)CC2)C1. The molecule has 0 bridgehead atoms. The van der Waals surface area contributed by atoms with Gasteiger partial charge >= 0.3 is 0 Å². The van der Waals surface area contributed by atoms with Gasteiger partial charge < -0.3 is 24.6 Å². The number of furan rings is 1. The summed E-state index contributed by atoms with van der Waals surface area (Å²) in [6.07, 6.45) is 2.17. The van der Waals surface area contributed by atoms with Crippen molar-refractivity contribution >= 4 is 23.4 Å². The van der Waals surface area contributed by atoms with E-state index in [1.165, 1.54) is 18.4 Å². The van der Waals surface area contributed by atoms with Crippen LogP contribution in [0.1, 0.15) is 17.0 Å². The van der Waals surface area contributed by atoms with Gasteiger partial charge in [-0.2, -0.15) is 0 Å². The molecule has 2 N–H and O–H groups in total. The number of nitrogens with one attached hydrogen (secondary N) is 1. The third-order valence-corrected chi connectivity index (χ3v) is 5.79. The van der Waals surface area contributed by atoms with E-state index >= 15 is 0 Å². The van der Waals surface area contributed by atoms with Gasteiger partial charge in [0.15, 0.2) is 5.76 Å². The van der Waals surface area contributed by atoms with Gasteiger partial charge in [-0.05, 0) is 49.4 Å². The molecule has 0 saturated carbocycles. The maximum atomic E-state index is 12.7. The van der Waals surface area contributed by atoms with Crippen LogP contribution in [-0.2, 0) is 9.59 Å². The molecule has 1 atom stereocenters. The number of rotatable bonds is 5. The van der Waals surface area contributed by atoms with E-state index < -0.39 is 0 Å². The molecule has 2 aromatic rings. The second kappa shape index (κ2) is 9.22. The first-order valence-corrected chi connectivity index (χ1v) is 10.4. The second-order valence-electron chi connectivity index (χ2n) is 7.91. The van der Waals surface area contributed by atoms with Crippen LogP contribution in [0.5, 0.6) is 5.75 Å². The third kappa shape index (κ3) is 5.05. The molecule has 2 aliphatic heterocycles. The molecule has 2 fully saturated rings. The first-order valence-electron chi connectivity index (χ1n) is 10.4. The van der Waals surface area contributed by atoms with Gasteiger partial charge in [-0.3, -0.25) is 19.3 Å². The molecule has 164 valence electrons. The lowest BCUT2D eigenvalue weighted by Crippen LogP contribution is -2.52. The van der Waals surface area contributed by atoms with Crippen molar-refractivity contribution in [1.82, 2.24) is 14.7 Å². The summed E-state index contributed by atoms with van der Waals surface area (Å²) >= 11 is 0. The molecule has 1 aromatic carbocycles. The molecular formula is C22H26N4O5. The minimum Gasteiger partial charge on any atom is -0.508 e. The monoisotopic (exact) mass is 426 g/mol. The van der Waals surface area contributed by atoms with Crippen LogP contribution >= 0.6 is 0 Å². The topological polar surface area (TPSA) is 106 Å². The summed E-state index contributed by atoms with van der Waals surface area (Å²) in [6, 6.07) is 9.68. The molecule has 0 unspecified atom stereocenters. The van der Waals surface area contributed by atoms with E-state index in [9.17, 15) is 19.5 Å². The number of aromatic hydroxyl groups is 1. The van der Waals surface area contributed by atoms with E-state index in [1.807, 2.05) is 4.90 Å². The highest BCUT2D eigenvalue weighted by Crippen LogP contribution is 2.20. The highest BCUT2D eigenvalue weighted by Gasteiger charge is 2.31. The molecule has 2 aliphatic rings. The molecule has 3 heterocycles. The summed E-state index contributed by atoms with van der Waals surface area (Å²) < 4.78 is 5.16. The van der Waals surface area contributed by atoms with Crippen LogP contribution in [0, 0.1) is 5.92 Å². The van der Waals surface area contributed by atoms with Crippen molar-refractivity contribution in [3.05, 3.63) is 48.4 Å². The highest BCUT2D eigenvalue weighted by atomic mass is 16.3. The second-order valence-corrected chi connectivity index (χ2v) is 7.91. The van der Waals surface area contributed by atoms with E-state index in [2.05, 4.69) is 5.32 Å². The number of carbonyl (C=O) groups excluding carboxylic acids is 3. The number of hydrogen-bond donors (Lipinski definition) is 2. The molecule has 9 heteroatoms. The molecule has 0 aliphatic carbocycles. The number of nitrogens with zero attached hydrogens (tertiary/aromatic N) is 3. The van der Waals surface area contributed by atoms with Gasteiger partial charge in [0.1, 0.15) is 5.75 Å². The fourth-order valence-corrected chi connectivity index (χ4v) is 3.99. The van der Waals surface area contributed by atoms with Crippen molar-refractivity contribution < 1.29 is 23.9 Å². The lowest BCUT2D eigenvalue weighted by Gasteiger charge is -2.35. The van der Waals surface area contributed by atoms with Crippen LogP contribution < -0.4 is 5.32 Å². The summed E-state index contributed by atoms with van der Waals surface area (Å²) in [7, 11) is 0. The van der Waals surface area contributed by atoms with Gasteiger partial charge in [0.25, 0.3) is 5.91 Å². The van der Waals surface area contributed by atoms with Crippen LogP contribution in [0.25, 0.3) is 0 Å². The van der Waals surface area contributed by atoms with E-state index in [0.29, 0.717) is 57.1 Å². The predicted octanol–water partition coefficient (Wildman–Crippen LogP) is 1.23. The Morgan fingerprint density at radius 3 is 2.39 bits per heavy atom. The molecule has 31 heavy (non-hydrogen) atoms. The maximum absolute atomic E-state index is 12.7.